The van der Waals surface area contributed by atoms with Gasteiger partial charge in [0.05, 0.1) is 7.11 Å². The Balaban J connectivity index is 1.56. The normalized spacial score (nSPS) is 20.7. The molecular formula is C25H30F3N3O4. The standard InChI is InChI=1S/C25H30F3N3O4/c1-15-11-17(12-22(29-15)33-3)14-31(24(32)25(26,27)28)19-6-4-5-18(13-19)16(2)20-7-8-21-23(30-20)35-10-9-34-21/h7-8,11-12,16,18-19H,4-6,9-10,13-14H2,1-3H3. The third kappa shape index (κ3) is 5.79. The Labute approximate surface area is 202 Å². The summed E-state index contributed by atoms with van der Waals surface area (Å²) in [5.41, 5.74) is 1.97. The van der Waals surface area contributed by atoms with E-state index in [1.54, 1.807) is 19.1 Å². The fraction of sp³-hybridized carbons (Fsp3) is 0.560. The Morgan fingerprint density at radius 2 is 1.97 bits per heavy atom. The number of fused-ring (bicyclic) bond motifs is 1. The lowest BCUT2D eigenvalue weighted by Crippen LogP contribution is -2.48. The average Bonchev–Trinajstić information content (AvgIpc) is 2.85. The van der Waals surface area contributed by atoms with Crippen molar-refractivity contribution < 1.29 is 32.2 Å². The predicted molar refractivity (Wildman–Crippen MR) is 122 cm³/mol. The zero-order valence-electron chi connectivity index (χ0n) is 20.1. The van der Waals surface area contributed by atoms with Gasteiger partial charge in [-0.2, -0.15) is 13.2 Å². The number of halogens is 3. The van der Waals surface area contributed by atoms with Crippen molar-refractivity contribution in [2.75, 3.05) is 20.3 Å². The molecule has 2 aliphatic rings. The summed E-state index contributed by atoms with van der Waals surface area (Å²) in [4.78, 5) is 22.3. The van der Waals surface area contributed by atoms with Gasteiger partial charge in [0.1, 0.15) is 13.2 Å². The number of carbonyl (C=O) groups excluding carboxylic acids is 1. The van der Waals surface area contributed by atoms with Crippen molar-refractivity contribution >= 4 is 5.91 Å². The van der Waals surface area contributed by atoms with Crippen molar-refractivity contribution in [2.24, 2.45) is 5.92 Å². The lowest BCUT2D eigenvalue weighted by atomic mass is 9.76. The van der Waals surface area contributed by atoms with Crippen LogP contribution in [-0.2, 0) is 11.3 Å². The number of pyridine rings is 2. The van der Waals surface area contributed by atoms with Gasteiger partial charge in [-0.1, -0.05) is 13.3 Å². The number of methoxy groups -OCH3 is 1. The molecule has 3 unspecified atom stereocenters. The number of rotatable bonds is 6. The van der Waals surface area contributed by atoms with Gasteiger partial charge in [0.15, 0.2) is 5.75 Å². The number of hydrogen-bond donors (Lipinski definition) is 0. The quantitative estimate of drug-likeness (QED) is 0.575. The summed E-state index contributed by atoms with van der Waals surface area (Å²) in [5, 5.41) is 0. The van der Waals surface area contributed by atoms with Crippen LogP contribution in [-0.4, -0.2) is 53.3 Å². The number of nitrogens with zero attached hydrogens (tertiary/aromatic N) is 3. The highest BCUT2D eigenvalue weighted by Gasteiger charge is 2.45. The Morgan fingerprint density at radius 3 is 2.71 bits per heavy atom. The molecule has 7 nitrogen and oxygen atoms in total. The molecule has 4 rings (SSSR count). The Kier molecular flexibility index (Phi) is 7.37. The third-order valence-corrected chi connectivity index (χ3v) is 6.78. The molecule has 2 aromatic heterocycles. The summed E-state index contributed by atoms with van der Waals surface area (Å²) >= 11 is 0. The van der Waals surface area contributed by atoms with Crippen LogP contribution in [0.1, 0.15) is 55.5 Å². The number of hydrogen-bond acceptors (Lipinski definition) is 6. The summed E-state index contributed by atoms with van der Waals surface area (Å²) in [6, 6.07) is 6.42. The number of amides is 1. The van der Waals surface area contributed by atoms with E-state index in [-0.39, 0.29) is 18.4 Å². The van der Waals surface area contributed by atoms with Gasteiger partial charge < -0.3 is 19.1 Å². The van der Waals surface area contributed by atoms with Crippen molar-refractivity contribution in [1.29, 1.82) is 0 Å². The maximum Gasteiger partial charge on any atom is 0.471 e. The highest BCUT2D eigenvalue weighted by molar-refractivity contribution is 5.82. The van der Waals surface area contributed by atoms with E-state index in [0.717, 1.165) is 23.4 Å². The lowest BCUT2D eigenvalue weighted by Gasteiger charge is -2.39. The molecule has 0 spiro atoms. The summed E-state index contributed by atoms with van der Waals surface area (Å²) < 4.78 is 57.1. The highest BCUT2D eigenvalue weighted by atomic mass is 19.4. The Morgan fingerprint density at radius 1 is 1.20 bits per heavy atom. The maximum atomic E-state index is 13.6. The molecule has 1 aliphatic carbocycles. The molecular weight excluding hydrogens is 463 g/mol. The SMILES string of the molecule is COc1cc(CN(C(=O)C(F)(F)F)C2CCCC(C(C)c3ccc4c(n3)OCCO4)C2)cc(C)n1. The summed E-state index contributed by atoms with van der Waals surface area (Å²) in [5.74, 6) is -0.413. The van der Waals surface area contributed by atoms with Crippen LogP contribution in [0.3, 0.4) is 0 Å². The van der Waals surface area contributed by atoms with E-state index in [1.165, 1.54) is 7.11 Å². The summed E-state index contributed by atoms with van der Waals surface area (Å²) in [6.07, 6.45) is -2.40. The Hall–Kier alpha value is -3.04. The van der Waals surface area contributed by atoms with Crippen LogP contribution in [0.25, 0.3) is 0 Å². The fourth-order valence-electron chi connectivity index (χ4n) is 5.01. The van der Waals surface area contributed by atoms with Crippen molar-refractivity contribution in [3.05, 3.63) is 41.2 Å². The molecule has 0 saturated heterocycles. The molecule has 3 atom stereocenters. The second-order valence-electron chi connectivity index (χ2n) is 9.20. The maximum absolute atomic E-state index is 13.6. The molecule has 1 saturated carbocycles. The molecule has 0 N–H and O–H groups in total. The minimum Gasteiger partial charge on any atom is -0.484 e. The average molecular weight is 494 g/mol. The molecule has 0 radical (unpaired) electrons. The second-order valence-corrected chi connectivity index (χ2v) is 9.20. The van der Waals surface area contributed by atoms with Gasteiger partial charge in [0.2, 0.25) is 5.88 Å². The summed E-state index contributed by atoms with van der Waals surface area (Å²) in [6.45, 7) is 4.50. The van der Waals surface area contributed by atoms with E-state index in [1.807, 2.05) is 19.1 Å². The van der Waals surface area contributed by atoms with Crippen LogP contribution in [0.5, 0.6) is 17.5 Å². The van der Waals surface area contributed by atoms with E-state index in [4.69, 9.17) is 14.2 Å². The van der Waals surface area contributed by atoms with Crippen molar-refractivity contribution in [3.8, 4) is 17.5 Å². The third-order valence-electron chi connectivity index (χ3n) is 6.78. The largest absolute Gasteiger partial charge is 0.484 e. The van der Waals surface area contributed by atoms with E-state index in [0.29, 0.717) is 54.8 Å². The molecule has 0 bridgehead atoms. The monoisotopic (exact) mass is 493 g/mol. The molecule has 10 heteroatoms. The van der Waals surface area contributed by atoms with Crippen LogP contribution in [0.4, 0.5) is 13.2 Å². The first-order valence-corrected chi connectivity index (χ1v) is 11.8. The zero-order valence-corrected chi connectivity index (χ0v) is 20.1. The smallest absolute Gasteiger partial charge is 0.471 e. The van der Waals surface area contributed by atoms with Crippen molar-refractivity contribution in [3.63, 3.8) is 0 Å². The minimum atomic E-state index is -4.96. The zero-order chi connectivity index (χ0) is 25.2. The van der Waals surface area contributed by atoms with Crippen LogP contribution < -0.4 is 14.2 Å². The first kappa shape index (κ1) is 25.1. The van der Waals surface area contributed by atoms with Gasteiger partial charge in [-0.15, -0.1) is 0 Å². The van der Waals surface area contributed by atoms with E-state index < -0.39 is 18.1 Å². The molecule has 35 heavy (non-hydrogen) atoms. The number of ether oxygens (including phenoxy) is 3. The molecule has 1 fully saturated rings. The van der Waals surface area contributed by atoms with Crippen LogP contribution in [0, 0.1) is 12.8 Å². The highest BCUT2D eigenvalue weighted by Crippen LogP contribution is 2.40. The number of aromatic nitrogens is 2. The molecule has 2 aromatic rings. The van der Waals surface area contributed by atoms with Crippen LogP contribution >= 0.6 is 0 Å². The fourth-order valence-corrected chi connectivity index (χ4v) is 5.01. The number of alkyl halides is 3. The molecule has 190 valence electrons. The minimum absolute atomic E-state index is 0.0141. The molecule has 1 aliphatic heterocycles. The second kappa shape index (κ2) is 10.3. The van der Waals surface area contributed by atoms with Gasteiger partial charge in [-0.25, -0.2) is 9.97 Å². The predicted octanol–water partition coefficient (Wildman–Crippen LogP) is 4.82. The van der Waals surface area contributed by atoms with E-state index >= 15 is 0 Å². The molecule has 1 amide bonds. The molecule has 0 aromatic carbocycles. The topological polar surface area (TPSA) is 73.8 Å². The van der Waals surface area contributed by atoms with Gasteiger partial charge in [-0.05, 0) is 55.9 Å². The molecule has 3 heterocycles. The van der Waals surface area contributed by atoms with Crippen molar-refractivity contribution in [1.82, 2.24) is 14.9 Å². The van der Waals surface area contributed by atoms with Gasteiger partial charge in [-0.3, -0.25) is 4.79 Å². The lowest BCUT2D eigenvalue weighted by molar-refractivity contribution is -0.189. The Bertz CT molecular complexity index is 1060. The van der Waals surface area contributed by atoms with Crippen LogP contribution in [0.15, 0.2) is 24.3 Å². The van der Waals surface area contributed by atoms with Crippen LogP contribution in [0.2, 0.25) is 0 Å². The number of carbonyl (C=O) groups is 1. The first-order chi connectivity index (χ1) is 16.7. The van der Waals surface area contributed by atoms with Gasteiger partial charge in [0.25, 0.3) is 5.88 Å². The van der Waals surface area contributed by atoms with Gasteiger partial charge >= 0.3 is 12.1 Å². The van der Waals surface area contributed by atoms with E-state index in [2.05, 4.69) is 9.97 Å². The van der Waals surface area contributed by atoms with Gasteiger partial charge in [0, 0.05) is 36.0 Å². The first-order valence-electron chi connectivity index (χ1n) is 11.8. The van der Waals surface area contributed by atoms with E-state index in [9.17, 15) is 18.0 Å². The summed E-state index contributed by atoms with van der Waals surface area (Å²) in [7, 11) is 1.45. The number of aryl methyl sites for hydroxylation is 1. The van der Waals surface area contributed by atoms with Crippen molar-refractivity contribution in [2.45, 2.75) is 64.2 Å².